The largest absolute Gasteiger partial charge is 0.394 e. The van der Waals surface area contributed by atoms with Crippen molar-refractivity contribution in [3.05, 3.63) is 0 Å². The van der Waals surface area contributed by atoms with Crippen LogP contribution >= 0.6 is 0 Å². The highest BCUT2D eigenvalue weighted by Crippen LogP contribution is 2.38. The SMILES string of the molecule is CNC1(CO)CCCC1CCN1C(C)CCCC1C. The average molecular weight is 268 g/mol. The predicted octanol–water partition coefficient (Wildman–Crippen LogP) is 2.39. The molecule has 0 aromatic carbocycles. The standard InChI is InChI=1S/C16H32N2O/c1-13-6-4-7-14(2)18(13)11-9-15-8-5-10-16(15,12-19)17-3/h13-15,17,19H,4-12H2,1-3H3. The Morgan fingerprint density at radius 2 is 1.84 bits per heavy atom. The quantitative estimate of drug-likeness (QED) is 0.803. The molecule has 0 bridgehead atoms. The summed E-state index contributed by atoms with van der Waals surface area (Å²) >= 11 is 0. The minimum atomic E-state index is 0.00225. The number of hydrogen-bond acceptors (Lipinski definition) is 3. The Balaban J connectivity index is 1.90. The van der Waals surface area contributed by atoms with Crippen LogP contribution in [0.25, 0.3) is 0 Å². The number of nitrogens with zero attached hydrogens (tertiary/aromatic N) is 1. The fraction of sp³-hybridized carbons (Fsp3) is 1.00. The van der Waals surface area contributed by atoms with Gasteiger partial charge in [-0.3, -0.25) is 4.90 Å². The van der Waals surface area contributed by atoms with Gasteiger partial charge in [0.15, 0.2) is 0 Å². The van der Waals surface area contributed by atoms with Crippen molar-refractivity contribution in [2.75, 3.05) is 20.2 Å². The normalized spacial score (nSPS) is 40.7. The van der Waals surface area contributed by atoms with Gasteiger partial charge in [-0.1, -0.05) is 12.8 Å². The Labute approximate surface area is 118 Å². The van der Waals surface area contributed by atoms with Gasteiger partial charge in [0, 0.05) is 17.6 Å². The van der Waals surface area contributed by atoms with Crippen molar-refractivity contribution < 1.29 is 5.11 Å². The van der Waals surface area contributed by atoms with Crippen molar-refractivity contribution in [2.45, 2.75) is 76.4 Å². The summed E-state index contributed by atoms with van der Waals surface area (Å²) < 4.78 is 0. The Bertz CT molecular complexity index is 268. The fourth-order valence-corrected chi connectivity index (χ4v) is 4.40. The number of aliphatic hydroxyl groups excluding tert-OH is 1. The monoisotopic (exact) mass is 268 g/mol. The highest BCUT2D eigenvalue weighted by molar-refractivity contribution is 4.98. The first kappa shape index (κ1) is 15.3. The second-order valence-electron chi connectivity index (χ2n) is 6.81. The molecule has 2 rings (SSSR count). The van der Waals surface area contributed by atoms with Crippen molar-refractivity contribution in [3.8, 4) is 0 Å². The molecule has 4 unspecified atom stereocenters. The third-order valence-electron chi connectivity index (χ3n) is 5.85. The van der Waals surface area contributed by atoms with Gasteiger partial charge in [-0.15, -0.1) is 0 Å². The number of hydrogen-bond donors (Lipinski definition) is 2. The summed E-state index contributed by atoms with van der Waals surface area (Å²) in [5, 5.41) is 13.2. The molecule has 0 aromatic rings. The van der Waals surface area contributed by atoms with E-state index in [2.05, 4.69) is 24.1 Å². The van der Waals surface area contributed by atoms with Crippen LogP contribution in [0, 0.1) is 5.92 Å². The molecular weight excluding hydrogens is 236 g/mol. The molecule has 4 atom stereocenters. The average Bonchev–Trinajstić information content (AvgIpc) is 2.82. The molecule has 0 spiro atoms. The Morgan fingerprint density at radius 1 is 1.16 bits per heavy atom. The molecule has 1 saturated heterocycles. The number of nitrogens with one attached hydrogen (secondary N) is 1. The number of aliphatic hydroxyl groups is 1. The molecule has 2 aliphatic rings. The maximum Gasteiger partial charge on any atom is 0.0615 e. The van der Waals surface area contributed by atoms with Gasteiger partial charge in [0.1, 0.15) is 0 Å². The van der Waals surface area contributed by atoms with Crippen LogP contribution in [-0.4, -0.2) is 47.8 Å². The minimum absolute atomic E-state index is 0.00225. The van der Waals surface area contributed by atoms with Gasteiger partial charge in [0.2, 0.25) is 0 Å². The summed E-state index contributed by atoms with van der Waals surface area (Å²) in [6.07, 6.45) is 9.00. The molecule has 3 heteroatoms. The predicted molar refractivity (Wildman–Crippen MR) is 80.3 cm³/mol. The summed E-state index contributed by atoms with van der Waals surface area (Å²) in [7, 11) is 2.01. The first-order valence-electron chi connectivity index (χ1n) is 8.18. The van der Waals surface area contributed by atoms with Crippen LogP contribution in [-0.2, 0) is 0 Å². The van der Waals surface area contributed by atoms with Crippen LogP contribution in [0.3, 0.4) is 0 Å². The van der Waals surface area contributed by atoms with Crippen molar-refractivity contribution in [2.24, 2.45) is 5.92 Å². The third-order valence-corrected chi connectivity index (χ3v) is 5.85. The molecule has 0 amide bonds. The summed E-state index contributed by atoms with van der Waals surface area (Å²) in [5.74, 6) is 0.642. The number of piperidine rings is 1. The van der Waals surface area contributed by atoms with E-state index >= 15 is 0 Å². The molecule has 1 aliphatic carbocycles. The Kier molecular flexibility index (Phi) is 5.27. The van der Waals surface area contributed by atoms with E-state index in [0.717, 1.165) is 18.5 Å². The van der Waals surface area contributed by atoms with Crippen molar-refractivity contribution in [1.29, 1.82) is 0 Å². The lowest BCUT2D eigenvalue weighted by atomic mass is 9.84. The molecule has 1 heterocycles. The maximum atomic E-state index is 9.75. The molecular formula is C16H32N2O. The van der Waals surface area contributed by atoms with Gasteiger partial charge in [0.25, 0.3) is 0 Å². The van der Waals surface area contributed by atoms with Crippen LogP contribution in [0.4, 0.5) is 0 Å². The van der Waals surface area contributed by atoms with Crippen molar-refractivity contribution in [3.63, 3.8) is 0 Å². The highest BCUT2D eigenvalue weighted by atomic mass is 16.3. The lowest BCUT2D eigenvalue weighted by molar-refractivity contribution is 0.0762. The lowest BCUT2D eigenvalue weighted by Crippen LogP contribution is -2.51. The van der Waals surface area contributed by atoms with E-state index in [1.54, 1.807) is 0 Å². The zero-order chi connectivity index (χ0) is 13.9. The van der Waals surface area contributed by atoms with Gasteiger partial charge < -0.3 is 10.4 Å². The molecule has 0 aromatic heterocycles. The molecule has 2 N–H and O–H groups in total. The summed E-state index contributed by atoms with van der Waals surface area (Å²) in [6.45, 7) is 6.25. The zero-order valence-electron chi connectivity index (χ0n) is 13.0. The van der Waals surface area contributed by atoms with Gasteiger partial charge in [-0.2, -0.15) is 0 Å². The van der Waals surface area contributed by atoms with E-state index in [1.165, 1.54) is 45.1 Å². The fourth-order valence-electron chi connectivity index (χ4n) is 4.40. The summed E-state index contributed by atoms with van der Waals surface area (Å²) in [4.78, 5) is 2.69. The van der Waals surface area contributed by atoms with Crippen molar-refractivity contribution in [1.82, 2.24) is 10.2 Å². The lowest BCUT2D eigenvalue weighted by Gasteiger charge is -2.41. The topological polar surface area (TPSA) is 35.5 Å². The molecule has 112 valence electrons. The number of likely N-dealkylation sites (N-methyl/N-ethyl adjacent to an activating group) is 1. The van der Waals surface area contributed by atoms with E-state index in [9.17, 15) is 5.11 Å². The number of rotatable bonds is 5. The second-order valence-corrected chi connectivity index (χ2v) is 6.81. The van der Waals surface area contributed by atoms with Crippen LogP contribution in [0.1, 0.15) is 58.8 Å². The zero-order valence-corrected chi connectivity index (χ0v) is 13.0. The van der Waals surface area contributed by atoms with Gasteiger partial charge in [-0.05, 0) is 65.5 Å². The Morgan fingerprint density at radius 3 is 2.42 bits per heavy atom. The molecule has 0 radical (unpaired) electrons. The third kappa shape index (κ3) is 3.14. The van der Waals surface area contributed by atoms with Crippen LogP contribution < -0.4 is 5.32 Å². The van der Waals surface area contributed by atoms with E-state index in [4.69, 9.17) is 0 Å². The molecule has 1 saturated carbocycles. The summed E-state index contributed by atoms with van der Waals surface area (Å²) in [6, 6.07) is 1.48. The second kappa shape index (κ2) is 6.55. The molecule has 2 fully saturated rings. The Hall–Kier alpha value is -0.120. The van der Waals surface area contributed by atoms with Crippen LogP contribution in [0.15, 0.2) is 0 Å². The first-order valence-corrected chi connectivity index (χ1v) is 8.18. The van der Waals surface area contributed by atoms with E-state index in [-0.39, 0.29) is 5.54 Å². The molecule has 3 nitrogen and oxygen atoms in total. The summed E-state index contributed by atoms with van der Waals surface area (Å²) in [5.41, 5.74) is 0.00225. The van der Waals surface area contributed by atoms with E-state index < -0.39 is 0 Å². The highest BCUT2D eigenvalue weighted by Gasteiger charge is 2.41. The molecule has 19 heavy (non-hydrogen) atoms. The maximum absolute atomic E-state index is 9.75. The minimum Gasteiger partial charge on any atom is -0.394 e. The first-order chi connectivity index (χ1) is 9.13. The van der Waals surface area contributed by atoms with Crippen LogP contribution in [0.2, 0.25) is 0 Å². The van der Waals surface area contributed by atoms with Crippen LogP contribution in [0.5, 0.6) is 0 Å². The smallest absolute Gasteiger partial charge is 0.0615 e. The van der Waals surface area contributed by atoms with Gasteiger partial charge in [0.05, 0.1) is 6.61 Å². The van der Waals surface area contributed by atoms with Crippen molar-refractivity contribution >= 4 is 0 Å². The molecule has 1 aliphatic heterocycles. The van der Waals surface area contributed by atoms with Gasteiger partial charge >= 0.3 is 0 Å². The van der Waals surface area contributed by atoms with Gasteiger partial charge in [-0.25, -0.2) is 0 Å². The number of likely N-dealkylation sites (tertiary alicyclic amines) is 1. The van der Waals surface area contributed by atoms with E-state index in [1.807, 2.05) is 7.05 Å². The van der Waals surface area contributed by atoms with E-state index in [0.29, 0.717) is 12.5 Å².